The van der Waals surface area contributed by atoms with Crippen LogP contribution < -0.4 is 0 Å². The Morgan fingerprint density at radius 1 is 0.906 bits per heavy atom. The number of hydrogen-bond donors (Lipinski definition) is 0. The molecule has 2 heteroatoms. The van der Waals surface area contributed by atoms with Crippen molar-refractivity contribution in [2.24, 2.45) is 23.7 Å². The van der Waals surface area contributed by atoms with Crippen molar-refractivity contribution in [3.8, 4) is 0 Å². The van der Waals surface area contributed by atoms with Crippen molar-refractivity contribution in [2.75, 3.05) is 0 Å². The van der Waals surface area contributed by atoms with Crippen LogP contribution in [0.25, 0.3) is 0 Å². The molecule has 1 saturated carbocycles. The van der Waals surface area contributed by atoms with Gasteiger partial charge in [-0.3, -0.25) is 9.59 Å². The lowest BCUT2D eigenvalue weighted by atomic mass is 9.71. The lowest BCUT2D eigenvalue weighted by Gasteiger charge is -2.33. The summed E-state index contributed by atoms with van der Waals surface area (Å²) in [6, 6.07) is 0. The molecule has 4 atom stereocenters. The summed E-state index contributed by atoms with van der Waals surface area (Å²) in [5.74, 6) is 3.05. The van der Waals surface area contributed by atoms with Crippen LogP contribution in [0.3, 0.4) is 0 Å². The molecule has 0 aromatic heterocycles. The van der Waals surface area contributed by atoms with Crippen LogP contribution in [0.5, 0.6) is 0 Å². The Hall–Kier alpha value is -1.44. The van der Waals surface area contributed by atoms with E-state index in [9.17, 15) is 9.59 Å². The average Bonchev–Trinajstić information content (AvgIpc) is 3.58. The largest absolute Gasteiger partial charge is 0.300 e. The minimum Gasteiger partial charge on any atom is -0.300 e. The van der Waals surface area contributed by atoms with Gasteiger partial charge >= 0.3 is 0 Å². The van der Waals surface area contributed by atoms with Crippen molar-refractivity contribution in [3.05, 3.63) is 34.9 Å². The van der Waals surface area contributed by atoms with Crippen molar-refractivity contribution in [2.45, 2.75) is 116 Å². The first-order valence-corrected chi connectivity index (χ1v) is 13.8. The summed E-state index contributed by atoms with van der Waals surface area (Å²) in [4.78, 5) is 25.6. The van der Waals surface area contributed by atoms with Crippen LogP contribution in [0.2, 0.25) is 0 Å². The number of carbonyl (C=O) groups excluding carboxylic acids is 2. The van der Waals surface area contributed by atoms with E-state index in [-0.39, 0.29) is 5.92 Å². The molecule has 4 aliphatic rings. The highest BCUT2D eigenvalue weighted by Crippen LogP contribution is 2.44. The molecule has 32 heavy (non-hydrogen) atoms. The number of unbranched alkanes of at least 4 members (excludes halogenated alkanes) is 2. The minimum absolute atomic E-state index is 0.00957. The second kappa shape index (κ2) is 11.6. The molecule has 4 aliphatic carbocycles. The Kier molecular flexibility index (Phi) is 8.61. The summed E-state index contributed by atoms with van der Waals surface area (Å²) in [7, 11) is 0. The van der Waals surface area contributed by atoms with Crippen LogP contribution in [0.4, 0.5) is 0 Å². The quantitative estimate of drug-likeness (QED) is 0.307. The van der Waals surface area contributed by atoms with Gasteiger partial charge in [0.2, 0.25) is 0 Å². The van der Waals surface area contributed by atoms with Crippen LogP contribution in [0.15, 0.2) is 34.9 Å². The monoisotopic (exact) mass is 436 g/mol. The molecule has 0 aliphatic heterocycles. The van der Waals surface area contributed by atoms with Gasteiger partial charge in [-0.05, 0) is 99.2 Å². The molecule has 0 spiro atoms. The van der Waals surface area contributed by atoms with Crippen LogP contribution in [0, 0.1) is 23.7 Å². The van der Waals surface area contributed by atoms with Gasteiger partial charge in [-0.25, -0.2) is 0 Å². The first kappa shape index (κ1) is 23.7. The van der Waals surface area contributed by atoms with E-state index in [4.69, 9.17) is 0 Å². The van der Waals surface area contributed by atoms with Gasteiger partial charge in [0.1, 0.15) is 5.78 Å². The Labute approximate surface area is 196 Å². The summed E-state index contributed by atoms with van der Waals surface area (Å²) in [6.45, 7) is 2.05. The molecule has 4 unspecified atom stereocenters. The van der Waals surface area contributed by atoms with Gasteiger partial charge in [-0.15, -0.1) is 0 Å². The molecule has 2 nitrogen and oxygen atoms in total. The summed E-state index contributed by atoms with van der Waals surface area (Å²) < 4.78 is 0. The standard InChI is InChI=1S/C30H44O2/c1-22(30(32)27-14-8-6-11-23-10-5-7-13-25(23)20-27)18-19-28(31)17-4-2-3-12-24-15-9-16-26-21-29(24)26/h14-15,21-23,25-26H,2-13,16-20H2,1H3. The summed E-state index contributed by atoms with van der Waals surface area (Å²) >= 11 is 0. The fraction of sp³-hybridized carbons (Fsp3) is 0.733. The first-order valence-electron chi connectivity index (χ1n) is 13.8. The van der Waals surface area contributed by atoms with E-state index < -0.39 is 0 Å². The van der Waals surface area contributed by atoms with Crippen LogP contribution >= 0.6 is 0 Å². The van der Waals surface area contributed by atoms with E-state index >= 15 is 0 Å². The van der Waals surface area contributed by atoms with E-state index in [2.05, 4.69) is 18.2 Å². The number of ketones is 2. The number of rotatable bonds is 11. The molecule has 4 rings (SSSR count). The number of carbonyl (C=O) groups is 2. The maximum atomic E-state index is 13.1. The second-order valence-electron chi connectivity index (χ2n) is 11.1. The van der Waals surface area contributed by atoms with E-state index in [0.717, 1.165) is 55.4 Å². The normalized spacial score (nSPS) is 28.2. The predicted molar refractivity (Wildman–Crippen MR) is 132 cm³/mol. The molecule has 0 bridgehead atoms. The van der Waals surface area contributed by atoms with Gasteiger partial charge in [-0.2, -0.15) is 0 Å². The van der Waals surface area contributed by atoms with Gasteiger partial charge < -0.3 is 0 Å². The van der Waals surface area contributed by atoms with Crippen molar-refractivity contribution in [3.63, 3.8) is 0 Å². The number of allylic oxidation sites excluding steroid dienone is 6. The zero-order chi connectivity index (χ0) is 22.3. The van der Waals surface area contributed by atoms with Gasteiger partial charge in [0, 0.05) is 24.7 Å². The maximum Gasteiger partial charge on any atom is 0.161 e. The zero-order valence-electron chi connectivity index (χ0n) is 20.4. The maximum absolute atomic E-state index is 13.1. The Bertz CT molecular complexity index is 768. The smallest absolute Gasteiger partial charge is 0.161 e. The fourth-order valence-electron chi connectivity index (χ4n) is 6.48. The van der Waals surface area contributed by atoms with E-state index in [0.29, 0.717) is 24.4 Å². The molecule has 0 N–H and O–H groups in total. The summed E-state index contributed by atoms with van der Waals surface area (Å²) in [5, 5.41) is 0. The van der Waals surface area contributed by atoms with E-state index in [1.807, 2.05) is 6.92 Å². The molecule has 0 heterocycles. The second-order valence-corrected chi connectivity index (χ2v) is 11.1. The molecule has 0 aromatic carbocycles. The summed E-state index contributed by atoms with van der Waals surface area (Å²) in [5.41, 5.74) is 4.29. The van der Waals surface area contributed by atoms with E-state index in [1.54, 1.807) is 11.1 Å². The lowest BCUT2D eigenvalue weighted by molar-refractivity contribution is -0.121. The number of Topliss-reactive ketones (excluding diaryl/α,β-unsaturated/α-hetero) is 2. The molecule has 0 aromatic rings. The third-order valence-corrected chi connectivity index (χ3v) is 8.65. The SMILES string of the molecule is CC(CCC(=O)CCCCCC1=CCCC2C=C12)C(=O)C1=CCCCC2CCCCC2C1. The Morgan fingerprint density at radius 2 is 1.72 bits per heavy atom. The lowest BCUT2D eigenvalue weighted by Crippen LogP contribution is -2.24. The topological polar surface area (TPSA) is 34.1 Å². The Morgan fingerprint density at radius 3 is 2.59 bits per heavy atom. The highest BCUT2D eigenvalue weighted by Gasteiger charge is 2.30. The minimum atomic E-state index is -0.00957. The molecular weight excluding hydrogens is 392 g/mol. The van der Waals surface area contributed by atoms with Gasteiger partial charge in [0.25, 0.3) is 0 Å². The third-order valence-electron chi connectivity index (χ3n) is 8.65. The van der Waals surface area contributed by atoms with Crippen LogP contribution in [-0.4, -0.2) is 11.6 Å². The fourth-order valence-corrected chi connectivity index (χ4v) is 6.48. The van der Waals surface area contributed by atoms with Crippen molar-refractivity contribution < 1.29 is 9.59 Å². The molecule has 176 valence electrons. The van der Waals surface area contributed by atoms with Gasteiger partial charge in [0.15, 0.2) is 5.78 Å². The van der Waals surface area contributed by atoms with E-state index in [1.165, 1.54) is 64.2 Å². The number of fused-ring (bicyclic) bond motifs is 2. The zero-order valence-corrected chi connectivity index (χ0v) is 20.4. The highest BCUT2D eigenvalue weighted by atomic mass is 16.1. The molecule has 0 saturated heterocycles. The van der Waals surface area contributed by atoms with Gasteiger partial charge in [0.05, 0.1) is 0 Å². The van der Waals surface area contributed by atoms with Crippen LogP contribution in [0.1, 0.15) is 116 Å². The summed E-state index contributed by atoms with van der Waals surface area (Å²) in [6.07, 6.45) is 26.2. The van der Waals surface area contributed by atoms with Crippen molar-refractivity contribution >= 4 is 11.6 Å². The van der Waals surface area contributed by atoms with Gasteiger partial charge in [-0.1, -0.05) is 50.8 Å². The molecule has 1 fully saturated rings. The predicted octanol–water partition coefficient (Wildman–Crippen LogP) is 8.07. The van der Waals surface area contributed by atoms with Crippen molar-refractivity contribution in [1.82, 2.24) is 0 Å². The molecular formula is C30H44O2. The first-order chi connectivity index (χ1) is 15.6. The van der Waals surface area contributed by atoms with Crippen LogP contribution in [-0.2, 0) is 9.59 Å². The molecule has 0 radical (unpaired) electrons. The number of hydrogen-bond acceptors (Lipinski definition) is 2. The Balaban J connectivity index is 1.12. The average molecular weight is 437 g/mol. The third kappa shape index (κ3) is 6.55. The molecule has 0 amide bonds. The van der Waals surface area contributed by atoms with Crippen molar-refractivity contribution in [1.29, 1.82) is 0 Å². The highest BCUT2D eigenvalue weighted by molar-refractivity contribution is 5.97.